The molecule has 0 heterocycles. The Labute approximate surface area is 123 Å². The van der Waals surface area contributed by atoms with Crippen molar-refractivity contribution in [3.63, 3.8) is 0 Å². The summed E-state index contributed by atoms with van der Waals surface area (Å²) in [6.07, 6.45) is 5.09. The van der Waals surface area contributed by atoms with Crippen LogP contribution in [0.25, 0.3) is 0 Å². The Balaban J connectivity index is 2.25. The molecule has 1 aromatic rings. The van der Waals surface area contributed by atoms with E-state index >= 15 is 0 Å². The van der Waals surface area contributed by atoms with E-state index in [1.165, 1.54) is 6.07 Å². The number of hydrogen-bond acceptors (Lipinski definition) is 5. The first-order valence-corrected chi connectivity index (χ1v) is 7.21. The van der Waals surface area contributed by atoms with Gasteiger partial charge in [0.05, 0.1) is 16.6 Å². The maximum absolute atomic E-state index is 11.2. The summed E-state index contributed by atoms with van der Waals surface area (Å²) >= 11 is 0. The van der Waals surface area contributed by atoms with E-state index in [0.717, 1.165) is 32.1 Å². The van der Waals surface area contributed by atoms with Crippen molar-refractivity contribution >= 4 is 11.4 Å². The van der Waals surface area contributed by atoms with Crippen molar-refractivity contribution in [2.75, 3.05) is 11.9 Å². The van der Waals surface area contributed by atoms with Crippen LogP contribution in [-0.4, -0.2) is 22.7 Å². The molecule has 0 saturated heterocycles. The molecule has 112 valence electrons. The number of hydrogen-bond donors (Lipinski definition) is 2. The minimum absolute atomic E-state index is 0.0316. The highest BCUT2D eigenvalue weighted by Gasteiger charge is 2.25. The Kier molecular flexibility index (Phi) is 5.12. The van der Waals surface area contributed by atoms with Gasteiger partial charge in [0.2, 0.25) is 0 Å². The third-order valence-corrected chi connectivity index (χ3v) is 4.06. The second-order valence-corrected chi connectivity index (χ2v) is 5.43. The van der Waals surface area contributed by atoms with Crippen LogP contribution in [0.1, 0.15) is 37.7 Å². The third kappa shape index (κ3) is 3.70. The van der Waals surface area contributed by atoms with Gasteiger partial charge in [-0.15, -0.1) is 0 Å². The molecule has 1 aromatic carbocycles. The lowest BCUT2D eigenvalue weighted by atomic mass is 9.95. The molecule has 0 spiro atoms. The molecule has 1 aliphatic carbocycles. The summed E-state index contributed by atoms with van der Waals surface area (Å²) < 4.78 is 0. The van der Waals surface area contributed by atoms with Crippen LogP contribution in [0.2, 0.25) is 0 Å². The second kappa shape index (κ2) is 7.04. The van der Waals surface area contributed by atoms with E-state index in [1.807, 2.05) is 6.07 Å². The lowest BCUT2D eigenvalue weighted by Crippen LogP contribution is -2.30. The minimum atomic E-state index is -0.478. The zero-order valence-electron chi connectivity index (χ0n) is 11.8. The highest BCUT2D eigenvalue weighted by Crippen LogP contribution is 2.31. The third-order valence-electron chi connectivity index (χ3n) is 4.06. The van der Waals surface area contributed by atoms with Gasteiger partial charge in [-0.25, -0.2) is 0 Å². The number of nitro groups is 1. The number of rotatable bonds is 4. The fraction of sp³-hybridized carbons (Fsp3) is 0.533. The summed E-state index contributed by atoms with van der Waals surface area (Å²) in [6.45, 7) is 0.0851. The van der Waals surface area contributed by atoms with Crippen LogP contribution < -0.4 is 5.32 Å². The molecule has 6 nitrogen and oxygen atoms in total. The summed E-state index contributed by atoms with van der Waals surface area (Å²) in [7, 11) is 0. The quantitative estimate of drug-likeness (QED) is 0.504. The van der Waals surface area contributed by atoms with Gasteiger partial charge in [0, 0.05) is 24.6 Å². The molecule has 1 saturated carbocycles. The maximum Gasteiger partial charge on any atom is 0.293 e. The van der Waals surface area contributed by atoms with Crippen LogP contribution in [0, 0.1) is 27.4 Å². The Bertz CT molecular complexity index is 554. The molecule has 0 bridgehead atoms. The average Bonchev–Trinajstić information content (AvgIpc) is 2.72. The van der Waals surface area contributed by atoms with E-state index in [0.29, 0.717) is 5.69 Å². The molecule has 1 aliphatic rings. The van der Waals surface area contributed by atoms with E-state index in [1.54, 1.807) is 12.1 Å². The predicted octanol–water partition coefficient (Wildman–Crippen LogP) is 2.82. The molecule has 21 heavy (non-hydrogen) atoms. The van der Waals surface area contributed by atoms with Gasteiger partial charge in [0.1, 0.15) is 5.69 Å². The smallest absolute Gasteiger partial charge is 0.293 e. The van der Waals surface area contributed by atoms with Gasteiger partial charge in [-0.3, -0.25) is 10.1 Å². The number of aliphatic hydroxyl groups is 1. The fourth-order valence-electron chi connectivity index (χ4n) is 2.87. The van der Waals surface area contributed by atoms with Crippen LogP contribution in [-0.2, 0) is 0 Å². The second-order valence-electron chi connectivity index (χ2n) is 5.43. The number of nitro benzene ring substituents is 1. The number of anilines is 1. The molecule has 2 rings (SSSR count). The Hall–Kier alpha value is -2.13. The molecular formula is C15H19N3O3. The highest BCUT2D eigenvalue weighted by molar-refractivity contribution is 5.64. The first-order chi connectivity index (χ1) is 10.2. The molecular weight excluding hydrogens is 270 g/mol. The van der Waals surface area contributed by atoms with Gasteiger partial charge < -0.3 is 10.4 Å². The Morgan fingerprint density at radius 1 is 1.38 bits per heavy atom. The van der Waals surface area contributed by atoms with Gasteiger partial charge in [0.25, 0.3) is 5.69 Å². The molecule has 2 atom stereocenters. The van der Waals surface area contributed by atoms with Crippen molar-refractivity contribution in [3.05, 3.63) is 33.9 Å². The zero-order chi connectivity index (χ0) is 15.2. The van der Waals surface area contributed by atoms with Crippen molar-refractivity contribution in [3.8, 4) is 6.07 Å². The number of aliphatic hydroxyl groups excluding tert-OH is 1. The van der Waals surface area contributed by atoms with Gasteiger partial charge in [-0.2, -0.15) is 5.26 Å². The summed E-state index contributed by atoms with van der Waals surface area (Å²) in [5.74, 6) is 0.114. The molecule has 0 amide bonds. The van der Waals surface area contributed by atoms with Crippen LogP contribution in [0.15, 0.2) is 18.2 Å². The van der Waals surface area contributed by atoms with Crippen molar-refractivity contribution in [2.45, 2.75) is 38.1 Å². The molecule has 0 aliphatic heterocycles. The first kappa shape index (κ1) is 15.3. The normalized spacial score (nSPS) is 22.1. The van der Waals surface area contributed by atoms with Crippen LogP contribution in [0.5, 0.6) is 0 Å². The molecule has 0 radical (unpaired) electrons. The molecule has 0 unspecified atom stereocenters. The van der Waals surface area contributed by atoms with Crippen molar-refractivity contribution < 1.29 is 10.0 Å². The monoisotopic (exact) mass is 289 g/mol. The first-order valence-electron chi connectivity index (χ1n) is 7.21. The van der Waals surface area contributed by atoms with Gasteiger partial charge in [-0.1, -0.05) is 19.3 Å². The largest absolute Gasteiger partial charge is 0.396 e. The van der Waals surface area contributed by atoms with E-state index in [4.69, 9.17) is 5.26 Å². The number of nitriles is 1. The van der Waals surface area contributed by atoms with E-state index < -0.39 is 4.92 Å². The average molecular weight is 289 g/mol. The molecule has 6 heteroatoms. The highest BCUT2D eigenvalue weighted by atomic mass is 16.6. The van der Waals surface area contributed by atoms with E-state index in [-0.39, 0.29) is 29.8 Å². The summed E-state index contributed by atoms with van der Waals surface area (Å²) in [4.78, 5) is 10.7. The van der Waals surface area contributed by atoms with Crippen LogP contribution >= 0.6 is 0 Å². The zero-order valence-corrected chi connectivity index (χ0v) is 11.8. The van der Waals surface area contributed by atoms with Crippen molar-refractivity contribution in [1.82, 2.24) is 0 Å². The van der Waals surface area contributed by atoms with Gasteiger partial charge >= 0.3 is 0 Å². The van der Waals surface area contributed by atoms with Gasteiger partial charge in [0.15, 0.2) is 0 Å². The minimum Gasteiger partial charge on any atom is -0.396 e. The lowest BCUT2D eigenvalue weighted by molar-refractivity contribution is -0.384. The van der Waals surface area contributed by atoms with Crippen LogP contribution in [0.4, 0.5) is 11.4 Å². The maximum atomic E-state index is 11.2. The standard InChI is InChI=1S/C15H19N3O3/c16-9-11-6-7-14(15(8-11)18(20)21)17-13-5-3-1-2-4-12(13)10-19/h6-8,12-13,17,19H,1-5,10H2/t12-,13-/m1/s1. The number of benzene rings is 1. The number of nitrogens with zero attached hydrogens (tertiary/aromatic N) is 2. The molecule has 2 N–H and O–H groups in total. The van der Waals surface area contributed by atoms with E-state index in [2.05, 4.69) is 5.32 Å². The van der Waals surface area contributed by atoms with Crippen molar-refractivity contribution in [1.29, 1.82) is 5.26 Å². The topological polar surface area (TPSA) is 99.2 Å². The summed E-state index contributed by atoms with van der Waals surface area (Å²) in [5.41, 5.74) is 0.603. The SMILES string of the molecule is N#Cc1ccc(N[C@@H]2CCCCC[C@@H]2CO)c([N+](=O)[O-])c1. The molecule has 1 fully saturated rings. The Morgan fingerprint density at radius 2 is 2.14 bits per heavy atom. The van der Waals surface area contributed by atoms with Gasteiger partial charge in [-0.05, 0) is 25.0 Å². The van der Waals surface area contributed by atoms with Crippen LogP contribution in [0.3, 0.4) is 0 Å². The predicted molar refractivity (Wildman–Crippen MR) is 78.9 cm³/mol. The Morgan fingerprint density at radius 3 is 2.81 bits per heavy atom. The summed E-state index contributed by atoms with van der Waals surface area (Å²) in [5, 5.41) is 32.7. The number of nitrogens with one attached hydrogen (secondary N) is 1. The van der Waals surface area contributed by atoms with E-state index in [9.17, 15) is 15.2 Å². The molecule has 0 aromatic heterocycles. The van der Waals surface area contributed by atoms with Crippen molar-refractivity contribution in [2.24, 2.45) is 5.92 Å². The lowest BCUT2D eigenvalue weighted by Gasteiger charge is -2.25. The summed E-state index contributed by atoms with van der Waals surface area (Å²) in [6, 6.07) is 6.38. The fourth-order valence-corrected chi connectivity index (χ4v) is 2.87.